The predicted molar refractivity (Wildman–Crippen MR) is 81.6 cm³/mol. The lowest BCUT2D eigenvalue weighted by Gasteiger charge is -2.39. The van der Waals surface area contributed by atoms with Crippen LogP contribution in [-0.4, -0.2) is 10.7 Å². The van der Waals surface area contributed by atoms with E-state index in [2.05, 4.69) is 32.0 Å². The van der Waals surface area contributed by atoms with Gasteiger partial charge in [-0.25, -0.2) is 0 Å². The average molecular weight is 270 g/mol. The molecule has 3 fully saturated rings. The molecule has 108 valence electrons. The third-order valence-electron chi connectivity index (χ3n) is 6.69. The van der Waals surface area contributed by atoms with Crippen LogP contribution < -0.4 is 0 Å². The molecule has 0 radical (unpaired) electrons. The van der Waals surface area contributed by atoms with Gasteiger partial charge in [0.1, 0.15) is 0 Å². The van der Waals surface area contributed by atoms with E-state index in [1.165, 1.54) is 42.4 Å². The smallest absolute Gasteiger partial charge is 0.0721 e. The standard InChI is InChI=1S/C19H26O/c1-12-6-7-14(8-13(12)2)10-19(20)11-15-9-18(19)17-5-3-4-16(15)17/h6-8,15-18,20H,3-5,9-11H2,1-2H3. The Balaban J connectivity index is 1.58. The quantitative estimate of drug-likeness (QED) is 0.860. The second kappa shape index (κ2) is 4.34. The summed E-state index contributed by atoms with van der Waals surface area (Å²) in [5, 5.41) is 11.2. The number of rotatable bonds is 2. The summed E-state index contributed by atoms with van der Waals surface area (Å²) in [6.07, 6.45) is 7.45. The molecule has 0 spiro atoms. The molecule has 1 aromatic rings. The van der Waals surface area contributed by atoms with Crippen molar-refractivity contribution >= 4 is 0 Å². The summed E-state index contributed by atoms with van der Waals surface area (Å²) in [6, 6.07) is 6.71. The van der Waals surface area contributed by atoms with Crippen molar-refractivity contribution in [2.45, 2.75) is 58.0 Å². The fourth-order valence-corrected chi connectivity index (χ4v) is 5.71. The van der Waals surface area contributed by atoms with Gasteiger partial charge < -0.3 is 5.11 Å². The van der Waals surface area contributed by atoms with Gasteiger partial charge >= 0.3 is 0 Å². The molecule has 0 aromatic heterocycles. The molecule has 3 aliphatic rings. The van der Waals surface area contributed by atoms with Crippen LogP contribution in [0.3, 0.4) is 0 Å². The van der Waals surface area contributed by atoms with E-state index in [9.17, 15) is 5.11 Å². The largest absolute Gasteiger partial charge is 0.389 e. The van der Waals surface area contributed by atoms with Crippen molar-refractivity contribution < 1.29 is 5.11 Å². The van der Waals surface area contributed by atoms with Gasteiger partial charge in [0.15, 0.2) is 0 Å². The number of fused-ring (bicyclic) bond motifs is 5. The topological polar surface area (TPSA) is 20.2 Å². The maximum Gasteiger partial charge on any atom is 0.0721 e. The van der Waals surface area contributed by atoms with Gasteiger partial charge in [0.05, 0.1) is 5.60 Å². The number of aryl methyl sites for hydroxylation is 2. The van der Waals surface area contributed by atoms with Gasteiger partial charge in [-0.3, -0.25) is 0 Å². The van der Waals surface area contributed by atoms with Crippen LogP contribution >= 0.6 is 0 Å². The first-order valence-electron chi connectivity index (χ1n) is 8.35. The number of hydrogen-bond donors (Lipinski definition) is 1. The fraction of sp³-hybridized carbons (Fsp3) is 0.684. The van der Waals surface area contributed by atoms with Crippen LogP contribution in [0.2, 0.25) is 0 Å². The predicted octanol–water partition coefficient (Wildman–Crippen LogP) is 4.03. The van der Waals surface area contributed by atoms with Crippen molar-refractivity contribution in [3.8, 4) is 0 Å². The van der Waals surface area contributed by atoms with Gasteiger partial charge in [-0.1, -0.05) is 24.6 Å². The fourth-order valence-electron chi connectivity index (χ4n) is 5.71. The van der Waals surface area contributed by atoms with Gasteiger partial charge in [-0.05, 0) is 79.9 Å². The third kappa shape index (κ3) is 1.79. The number of hydrogen-bond acceptors (Lipinski definition) is 1. The molecule has 0 aliphatic heterocycles. The normalized spacial score (nSPS) is 42.1. The Morgan fingerprint density at radius 1 is 1.15 bits per heavy atom. The monoisotopic (exact) mass is 270 g/mol. The summed E-state index contributed by atoms with van der Waals surface area (Å²) in [5.74, 6) is 3.20. The van der Waals surface area contributed by atoms with E-state index in [0.717, 1.165) is 30.6 Å². The highest BCUT2D eigenvalue weighted by Crippen LogP contribution is 2.62. The van der Waals surface area contributed by atoms with E-state index in [1.807, 2.05) is 0 Å². The van der Waals surface area contributed by atoms with Crippen molar-refractivity contribution in [3.63, 3.8) is 0 Å². The second-order valence-corrected chi connectivity index (χ2v) is 7.76. The van der Waals surface area contributed by atoms with Crippen LogP contribution in [0.25, 0.3) is 0 Å². The zero-order chi connectivity index (χ0) is 13.9. The zero-order valence-corrected chi connectivity index (χ0v) is 12.7. The lowest BCUT2D eigenvalue weighted by atomic mass is 9.70. The van der Waals surface area contributed by atoms with Crippen LogP contribution in [0.1, 0.15) is 48.8 Å². The molecule has 5 unspecified atom stereocenters. The van der Waals surface area contributed by atoms with E-state index in [0.29, 0.717) is 5.92 Å². The van der Waals surface area contributed by atoms with Crippen LogP contribution in [0, 0.1) is 37.5 Å². The molecule has 4 rings (SSSR count). The van der Waals surface area contributed by atoms with Gasteiger partial charge in [0, 0.05) is 6.42 Å². The molecular formula is C19H26O. The molecular weight excluding hydrogens is 244 g/mol. The summed E-state index contributed by atoms with van der Waals surface area (Å²) in [4.78, 5) is 0. The van der Waals surface area contributed by atoms with Crippen molar-refractivity contribution in [1.29, 1.82) is 0 Å². The van der Waals surface area contributed by atoms with E-state index < -0.39 is 5.60 Å². The van der Waals surface area contributed by atoms with Crippen LogP contribution in [0.5, 0.6) is 0 Å². The Kier molecular flexibility index (Phi) is 2.79. The summed E-state index contributed by atoms with van der Waals surface area (Å²) < 4.78 is 0. The van der Waals surface area contributed by atoms with E-state index in [4.69, 9.17) is 0 Å². The Labute approximate surface area is 122 Å². The molecule has 1 nitrogen and oxygen atoms in total. The summed E-state index contributed by atoms with van der Waals surface area (Å²) in [6.45, 7) is 4.34. The molecule has 1 aromatic carbocycles. The number of aliphatic hydroxyl groups is 1. The Morgan fingerprint density at radius 2 is 1.95 bits per heavy atom. The van der Waals surface area contributed by atoms with Gasteiger partial charge in [0.25, 0.3) is 0 Å². The van der Waals surface area contributed by atoms with Crippen LogP contribution in [0.4, 0.5) is 0 Å². The minimum absolute atomic E-state index is 0.405. The first kappa shape index (κ1) is 12.9. The van der Waals surface area contributed by atoms with Gasteiger partial charge in [-0.15, -0.1) is 0 Å². The van der Waals surface area contributed by atoms with Crippen molar-refractivity contribution in [3.05, 3.63) is 34.9 Å². The Morgan fingerprint density at radius 3 is 2.75 bits per heavy atom. The average Bonchev–Trinajstić information content (AvgIpc) is 3.04. The van der Waals surface area contributed by atoms with Gasteiger partial charge in [0.2, 0.25) is 0 Å². The maximum atomic E-state index is 11.2. The summed E-state index contributed by atoms with van der Waals surface area (Å²) in [5.41, 5.74) is 3.63. The highest BCUT2D eigenvalue weighted by molar-refractivity contribution is 5.31. The number of benzene rings is 1. The molecule has 0 heterocycles. The second-order valence-electron chi connectivity index (χ2n) is 7.76. The van der Waals surface area contributed by atoms with E-state index >= 15 is 0 Å². The first-order chi connectivity index (χ1) is 9.57. The van der Waals surface area contributed by atoms with Crippen molar-refractivity contribution in [2.75, 3.05) is 0 Å². The minimum atomic E-state index is -0.405. The molecule has 3 saturated carbocycles. The van der Waals surface area contributed by atoms with Crippen LogP contribution in [-0.2, 0) is 6.42 Å². The maximum absolute atomic E-state index is 11.2. The van der Waals surface area contributed by atoms with E-state index in [-0.39, 0.29) is 0 Å². The zero-order valence-electron chi connectivity index (χ0n) is 12.7. The molecule has 1 N–H and O–H groups in total. The summed E-state index contributed by atoms with van der Waals surface area (Å²) >= 11 is 0. The molecule has 0 saturated heterocycles. The molecule has 1 heteroatoms. The molecule has 5 atom stereocenters. The van der Waals surface area contributed by atoms with E-state index in [1.54, 1.807) is 0 Å². The molecule has 3 aliphatic carbocycles. The summed E-state index contributed by atoms with van der Waals surface area (Å²) in [7, 11) is 0. The Bertz CT molecular complexity index is 535. The lowest BCUT2D eigenvalue weighted by molar-refractivity contribution is -0.0450. The minimum Gasteiger partial charge on any atom is -0.389 e. The molecule has 2 bridgehead atoms. The molecule has 20 heavy (non-hydrogen) atoms. The Hall–Kier alpha value is -0.820. The van der Waals surface area contributed by atoms with Crippen molar-refractivity contribution in [1.82, 2.24) is 0 Å². The van der Waals surface area contributed by atoms with Gasteiger partial charge in [-0.2, -0.15) is 0 Å². The first-order valence-corrected chi connectivity index (χ1v) is 8.35. The highest BCUT2D eigenvalue weighted by atomic mass is 16.3. The molecule has 0 amide bonds. The third-order valence-corrected chi connectivity index (χ3v) is 6.69. The van der Waals surface area contributed by atoms with Crippen molar-refractivity contribution in [2.24, 2.45) is 23.7 Å². The highest BCUT2D eigenvalue weighted by Gasteiger charge is 2.59. The van der Waals surface area contributed by atoms with Crippen LogP contribution in [0.15, 0.2) is 18.2 Å². The SMILES string of the molecule is Cc1ccc(CC2(O)CC3CC2C2CCCC32)cc1C. The lowest BCUT2D eigenvalue weighted by Crippen LogP contribution is -2.43.